The summed E-state index contributed by atoms with van der Waals surface area (Å²) in [5.74, 6) is -0.458. The maximum atomic E-state index is 13.1. The summed E-state index contributed by atoms with van der Waals surface area (Å²) in [6.45, 7) is 2.75. The Morgan fingerprint density at radius 3 is 2.47 bits per heavy atom. The van der Waals surface area contributed by atoms with Crippen molar-refractivity contribution in [2.24, 2.45) is 0 Å². The minimum atomic E-state index is -4.44. The summed E-state index contributed by atoms with van der Waals surface area (Å²) >= 11 is 1.41. The number of piperidine rings is 1. The van der Waals surface area contributed by atoms with E-state index in [4.69, 9.17) is 0 Å². The molecule has 0 spiro atoms. The molecule has 2 amide bonds. The van der Waals surface area contributed by atoms with E-state index in [1.54, 1.807) is 11.1 Å². The zero-order valence-electron chi connectivity index (χ0n) is 18.2. The number of alkyl halides is 3. The Kier molecular flexibility index (Phi) is 5.63. The Morgan fingerprint density at radius 1 is 1.09 bits per heavy atom. The highest BCUT2D eigenvalue weighted by atomic mass is 32.2. The Labute approximate surface area is 197 Å². The Morgan fingerprint density at radius 2 is 1.79 bits per heavy atom. The van der Waals surface area contributed by atoms with Crippen molar-refractivity contribution in [3.05, 3.63) is 70.4 Å². The van der Waals surface area contributed by atoms with Gasteiger partial charge in [-0.2, -0.15) is 13.2 Å². The molecule has 34 heavy (non-hydrogen) atoms. The number of amides is 2. The predicted octanol–water partition coefficient (Wildman–Crippen LogP) is 4.61. The Balaban J connectivity index is 1.21. The molecule has 2 aliphatic rings. The fourth-order valence-corrected chi connectivity index (χ4v) is 5.38. The van der Waals surface area contributed by atoms with Crippen LogP contribution in [0.25, 0.3) is 11.2 Å². The number of hydrogen-bond acceptors (Lipinski definition) is 4. The van der Waals surface area contributed by atoms with Gasteiger partial charge in [0.25, 0.3) is 11.8 Å². The standard InChI is InChI=1S/C24H21F3N4O2S/c1-14-18-13-28-19-3-2-4-20(31(18)19)34-21(14)22(32)29-17-9-11-30(12-10-17)23(33)15-5-7-16(8-6-15)24(25,26)27/h2-8,13,17H,9-12H2,1H3,(H,29,32). The molecular formula is C24H21F3N4O2S. The normalized spacial score (nSPS) is 16.8. The van der Waals surface area contributed by atoms with Crippen LogP contribution in [0.4, 0.5) is 13.2 Å². The summed E-state index contributed by atoms with van der Waals surface area (Å²) in [5, 5.41) is 4.02. The van der Waals surface area contributed by atoms with Crippen molar-refractivity contribution in [1.82, 2.24) is 19.6 Å². The second-order valence-electron chi connectivity index (χ2n) is 8.37. The second kappa shape index (κ2) is 8.50. The molecule has 1 aromatic carbocycles. The Bertz CT molecular complexity index is 1310. The number of pyridine rings is 1. The number of carbonyl (C=O) groups excluding carboxylic acids is 2. The molecule has 0 radical (unpaired) electrons. The number of nitrogens with zero attached hydrogens (tertiary/aromatic N) is 3. The van der Waals surface area contributed by atoms with Gasteiger partial charge in [0, 0.05) is 24.7 Å². The van der Waals surface area contributed by atoms with Crippen LogP contribution in [0.15, 0.2) is 58.6 Å². The van der Waals surface area contributed by atoms with Crippen LogP contribution in [0.1, 0.15) is 41.4 Å². The number of likely N-dealkylation sites (tertiary alicyclic amines) is 1. The van der Waals surface area contributed by atoms with Gasteiger partial charge in [0.15, 0.2) is 0 Å². The number of carbonyl (C=O) groups is 2. The van der Waals surface area contributed by atoms with Crippen molar-refractivity contribution in [3.63, 3.8) is 0 Å². The van der Waals surface area contributed by atoms with Gasteiger partial charge in [-0.1, -0.05) is 17.8 Å². The van der Waals surface area contributed by atoms with Crippen molar-refractivity contribution < 1.29 is 22.8 Å². The molecule has 5 rings (SSSR count). The van der Waals surface area contributed by atoms with E-state index in [9.17, 15) is 22.8 Å². The van der Waals surface area contributed by atoms with Gasteiger partial charge in [-0.05, 0) is 61.7 Å². The molecule has 0 saturated carbocycles. The summed E-state index contributed by atoms with van der Waals surface area (Å²) in [6.07, 6.45) is -1.52. The number of nitrogens with one attached hydrogen (secondary N) is 1. The van der Waals surface area contributed by atoms with Crippen LogP contribution >= 0.6 is 11.8 Å². The summed E-state index contributed by atoms with van der Waals surface area (Å²) in [5.41, 5.74) is 2.04. The van der Waals surface area contributed by atoms with Gasteiger partial charge in [0.05, 0.1) is 27.4 Å². The molecule has 6 nitrogen and oxygen atoms in total. The third-order valence-corrected chi connectivity index (χ3v) is 7.43. The van der Waals surface area contributed by atoms with Crippen molar-refractivity contribution in [3.8, 4) is 0 Å². The lowest BCUT2D eigenvalue weighted by atomic mass is 10.0. The van der Waals surface area contributed by atoms with Crippen molar-refractivity contribution >= 4 is 34.8 Å². The molecule has 1 N–H and O–H groups in total. The molecule has 4 heterocycles. The average molecular weight is 487 g/mol. The van der Waals surface area contributed by atoms with Gasteiger partial charge in [-0.3, -0.25) is 14.0 Å². The Hall–Kier alpha value is -3.27. The molecular weight excluding hydrogens is 465 g/mol. The number of hydrogen-bond donors (Lipinski definition) is 1. The minimum absolute atomic E-state index is 0.0901. The lowest BCUT2D eigenvalue weighted by Crippen LogP contribution is -2.46. The lowest BCUT2D eigenvalue weighted by Gasteiger charge is -2.33. The first kappa shape index (κ1) is 22.5. The molecule has 176 valence electrons. The topological polar surface area (TPSA) is 66.7 Å². The summed E-state index contributed by atoms with van der Waals surface area (Å²) in [7, 11) is 0. The molecule has 10 heteroatoms. The first-order chi connectivity index (χ1) is 16.2. The largest absolute Gasteiger partial charge is 0.416 e. The summed E-state index contributed by atoms with van der Waals surface area (Å²) in [4.78, 5) is 32.4. The quantitative estimate of drug-likeness (QED) is 0.587. The van der Waals surface area contributed by atoms with Gasteiger partial charge in [0.2, 0.25) is 0 Å². The summed E-state index contributed by atoms with van der Waals surface area (Å²) in [6, 6.07) is 9.95. The average Bonchev–Trinajstić information content (AvgIpc) is 3.27. The third kappa shape index (κ3) is 4.06. The van der Waals surface area contributed by atoms with E-state index >= 15 is 0 Å². The third-order valence-electron chi connectivity index (χ3n) is 6.21. The number of benzene rings is 1. The summed E-state index contributed by atoms with van der Waals surface area (Å²) < 4.78 is 40.3. The molecule has 3 aromatic rings. The smallest absolute Gasteiger partial charge is 0.349 e. The number of aromatic nitrogens is 2. The number of thioether (sulfide) groups is 1. The van der Waals surface area contributed by atoms with Crippen LogP contribution in [-0.4, -0.2) is 45.2 Å². The van der Waals surface area contributed by atoms with Gasteiger partial charge in [-0.15, -0.1) is 0 Å². The van der Waals surface area contributed by atoms with E-state index in [-0.39, 0.29) is 23.4 Å². The van der Waals surface area contributed by atoms with E-state index in [2.05, 4.69) is 10.3 Å². The number of rotatable bonds is 3. The molecule has 1 saturated heterocycles. The molecule has 2 aliphatic heterocycles. The lowest BCUT2D eigenvalue weighted by molar-refractivity contribution is -0.137. The van der Waals surface area contributed by atoms with Crippen molar-refractivity contribution in [2.45, 2.75) is 37.0 Å². The number of halogens is 3. The zero-order valence-corrected chi connectivity index (χ0v) is 19.0. The highest BCUT2D eigenvalue weighted by Gasteiger charge is 2.31. The molecule has 0 aliphatic carbocycles. The molecule has 2 aromatic heterocycles. The maximum absolute atomic E-state index is 13.1. The predicted molar refractivity (Wildman–Crippen MR) is 122 cm³/mol. The minimum Gasteiger partial charge on any atom is -0.349 e. The molecule has 1 fully saturated rings. The van der Waals surface area contributed by atoms with E-state index < -0.39 is 11.7 Å². The van der Waals surface area contributed by atoms with Gasteiger partial charge < -0.3 is 10.2 Å². The maximum Gasteiger partial charge on any atom is 0.416 e. The van der Waals surface area contributed by atoms with E-state index in [1.807, 2.05) is 29.5 Å². The molecule has 0 unspecified atom stereocenters. The van der Waals surface area contributed by atoms with Crippen LogP contribution in [0, 0.1) is 0 Å². The van der Waals surface area contributed by atoms with Crippen LogP contribution in [-0.2, 0) is 11.0 Å². The molecule has 0 atom stereocenters. The van der Waals surface area contributed by atoms with Gasteiger partial charge >= 0.3 is 6.18 Å². The van der Waals surface area contributed by atoms with E-state index in [1.165, 1.54) is 23.9 Å². The van der Waals surface area contributed by atoms with Crippen molar-refractivity contribution in [1.29, 1.82) is 0 Å². The first-order valence-electron chi connectivity index (χ1n) is 10.9. The highest BCUT2D eigenvalue weighted by molar-refractivity contribution is 8.04. The number of allylic oxidation sites excluding steroid dienone is 1. The SMILES string of the molecule is CC1=C(C(=O)NC2CCN(C(=O)c3ccc(C(F)(F)F)cc3)CC2)Sc2cccc3ncc1n23. The van der Waals surface area contributed by atoms with E-state index in [0.29, 0.717) is 30.8 Å². The van der Waals surface area contributed by atoms with Crippen LogP contribution < -0.4 is 5.32 Å². The monoisotopic (exact) mass is 486 g/mol. The first-order valence-corrected chi connectivity index (χ1v) is 11.7. The van der Waals surface area contributed by atoms with Gasteiger partial charge in [-0.25, -0.2) is 4.98 Å². The fourth-order valence-electron chi connectivity index (χ4n) is 4.33. The van der Waals surface area contributed by atoms with Crippen LogP contribution in [0.5, 0.6) is 0 Å². The second-order valence-corrected chi connectivity index (χ2v) is 9.40. The van der Waals surface area contributed by atoms with Gasteiger partial charge in [0.1, 0.15) is 5.65 Å². The van der Waals surface area contributed by atoms with Crippen LogP contribution in [0.3, 0.4) is 0 Å². The number of imidazole rings is 1. The zero-order chi connectivity index (χ0) is 24.0. The van der Waals surface area contributed by atoms with Crippen molar-refractivity contribution in [2.75, 3.05) is 13.1 Å². The van der Waals surface area contributed by atoms with Crippen LogP contribution in [0.2, 0.25) is 0 Å². The molecule has 0 bridgehead atoms. The highest BCUT2D eigenvalue weighted by Crippen LogP contribution is 2.39. The fraction of sp³-hybridized carbons (Fsp3) is 0.292. The van der Waals surface area contributed by atoms with E-state index in [0.717, 1.165) is 34.1 Å².